The van der Waals surface area contributed by atoms with Crippen molar-refractivity contribution in [1.82, 2.24) is 10.2 Å². The summed E-state index contributed by atoms with van der Waals surface area (Å²) < 4.78 is 5.61. The molecule has 2 aliphatic rings. The SMILES string of the molecule is CN=C(NCc1ccc(SC)cc1)N1CCC2(CCOC2)C1.I. The third-order valence-electron chi connectivity index (χ3n) is 4.74. The summed E-state index contributed by atoms with van der Waals surface area (Å²) >= 11 is 1.77. The van der Waals surface area contributed by atoms with Gasteiger partial charge in [-0.2, -0.15) is 0 Å². The molecule has 1 N–H and O–H groups in total. The van der Waals surface area contributed by atoms with Crippen molar-refractivity contribution < 1.29 is 4.74 Å². The molecule has 2 saturated heterocycles. The average molecular weight is 447 g/mol. The van der Waals surface area contributed by atoms with Crippen molar-refractivity contribution in [2.75, 3.05) is 39.6 Å². The predicted molar refractivity (Wildman–Crippen MR) is 108 cm³/mol. The lowest BCUT2D eigenvalue weighted by molar-refractivity contribution is 0.156. The number of ether oxygens (including phenoxy) is 1. The summed E-state index contributed by atoms with van der Waals surface area (Å²) in [4.78, 5) is 8.14. The van der Waals surface area contributed by atoms with Gasteiger partial charge >= 0.3 is 0 Å². The summed E-state index contributed by atoms with van der Waals surface area (Å²) in [6.45, 7) is 4.80. The first-order valence-corrected chi connectivity index (χ1v) is 9.13. The maximum absolute atomic E-state index is 5.61. The summed E-state index contributed by atoms with van der Waals surface area (Å²) in [6.07, 6.45) is 4.51. The largest absolute Gasteiger partial charge is 0.381 e. The van der Waals surface area contributed by atoms with Gasteiger partial charge in [-0.05, 0) is 36.8 Å². The number of thioether (sulfide) groups is 1. The molecule has 0 radical (unpaired) electrons. The van der Waals surface area contributed by atoms with Crippen LogP contribution in [-0.2, 0) is 11.3 Å². The van der Waals surface area contributed by atoms with E-state index in [1.54, 1.807) is 11.8 Å². The Labute approximate surface area is 160 Å². The molecule has 0 saturated carbocycles. The third-order valence-corrected chi connectivity index (χ3v) is 5.49. The van der Waals surface area contributed by atoms with Gasteiger partial charge in [0.25, 0.3) is 0 Å². The Bertz CT molecular complexity index is 529. The van der Waals surface area contributed by atoms with Crippen molar-refractivity contribution in [3.63, 3.8) is 0 Å². The first-order valence-electron chi connectivity index (χ1n) is 7.91. The van der Waals surface area contributed by atoms with Crippen molar-refractivity contribution in [2.24, 2.45) is 10.4 Å². The van der Waals surface area contributed by atoms with E-state index in [4.69, 9.17) is 4.74 Å². The molecular formula is C17H26IN3OS. The number of hydrogen-bond donors (Lipinski definition) is 1. The normalized spacial score (nSPS) is 24.1. The highest BCUT2D eigenvalue weighted by Gasteiger charge is 2.42. The van der Waals surface area contributed by atoms with Gasteiger partial charge in [-0.3, -0.25) is 4.99 Å². The Morgan fingerprint density at radius 2 is 2.13 bits per heavy atom. The number of nitrogens with one attached hydrogen (secondary N) is 1. The molecule has 2 aliphatic heterocycles. The quantitative estimate of drug-likeness (QED) is 0.334. The zero-order valence-electron chi connectivity index (χ0n) is 13.9. The molecule has 128 valence electrons. The van der Waals surface area contributed by atoms with E-state index < -0.39 is 0 Å². The topological polar surface area (TPSA) is 36.9 Å². The molecular weight excluding hydrogens is 421 g/mol. The molecule has 0 aromatic heterocycles. The van der Waals surface area contributed by atoms with Crippen LogP contribution in [0.25, 0.3) is 0 Å². The van der Waals surface area contributed by atoms with Crippen LogP contribution in [0.5, 0.6) is 0 Å². The van der Waals surface area contributed by atoms with Crippen molar-refractivity contribution >= 4 is 41.7 Å². The van der Waals surface area contributed by atoms with Gasteiger partial charge < -0.3 is 15.0 Å². The first-order chi connectivity index (χ1) is 10.7. The molecule has 0 bridgehead atoms. The van der Waals surface area contributed by atoms with Crippen LogP contribution in [0.15, 0.2) is 34.2 Å². The lowest BCUT2D eigenvalue weighted by Crippen LogP contribution is -2.41. The molecule has 4 nitrogen and oxygen atoms in total. The predicted octanol–water partition coefficient (Wildman–Crippen LogP) is 3.21. The van der Waals surface area contributed by atoms with Gasteiger partial charge in [0.1, 0.15) is 0 Å². The lowest BCUT2D eigenvalue weighted by Gasteiger charge is -2.25. The fourth-order valence-corrected chi connectivity index (χ4v) is 3.75. The van der Waals surface area contributed by atoms with E-state index in [0.717, 1.165) is 38.8 Å². The van der Waals surface area contributed by atoms with Crippen LogP contribution in [-0.4, -0.2) is 50.5 Å². The number of benzene rings is 1. The average Bonchev–Trinajstić information content (AvgIpc) is 3.19. The summed E-state index contributed by atoms with van der Waals surface area (Å²) in [5, 5.41) is 3.50. The third kappa shape index (κ3) is 4.54. The van der Waals surface area contributed by atoms with Crippen LogP contribution in [0.2, 0.25) is 0 Å². The van der Waals surface area contributed by atoms with Crippen LogP contribution in [0.1, 0.15) is 18.4 Å². The van der Waals surface area contributed by atoms with Crippen molar-refractivity contribution in [3.8, 4) is 0 Å². The van der Waals surface area contributed by atoms with E-state index in [0.29, 0.717) is 5.41 Å². The number of nitrogens with zero attached hydrogens (tertiary/aromatic N) is 2. The maximum atomic E-state index is 5.61. The Kier molecular flexibility index (Phi) is 7.03. The number of hydrogen-bond acceptors (Lipinski definition) is 3. The van der Waals surface area contributed by atoms with Crippen molar-refractivity contribution in [1.29, 1.82) is 0 Å². The summed E-state index contributed by atoms with van der Waals surface area (Å²) in [6, 6.07) is 8.71. The van der Waals surface area contributed by atoms with Crippen LogP contribution in [0.3, 0.4) is 0 Å². The standard InChI is InChI=1S/C17H25N3OS.HI/c1-18-16(19-11-14-3-5-15(22-2)6-4-14)20-9-7-17(12-20)8-10-21-13-17;/h3-6H,7-13H2,1-2H3,(H,18,19);1H. The molecule has 2 fully saturated rings. The van der Waals surface area contributed by atoms with E-state index >= 15 is 0 Å². The molecule has 3 rings (SSSR count). The second kappa shape index (κ2) is 8.58. The fraction of sp³-hybridized carbons (Fsp3) is 0.588. The molecule has 0 aliphatic carbocycles. The maximum Gasteiger partial charge on any atom is 0.193 e. The zero-order valence-corrected chi connectivity index (χ0v) is 17.0. The summed E-state index contributed by atoms with van der Waals surface area (Å²) in [7, 11) is 1.87. The highest BCUT2D eigenvalue weighted by atomic mass is 127. The van der Waals surface area contributed by atoms with Gasteiger partial charge in [-0.25, -0.2) is 0 Å². The second-order valence-corrected chi connectivity index (χ2v) is 7.10. The molecule has 1 unspecified atom stereocenters. The first kappa shape index (κ1) is 18.9. The van der Waals surface area contributed by atoms with Gasteiger partial charge in [0.15, 0.2) is 5.96 Å². The Morgan fingerprint density at radius 1 is 1.35 bits per heavy atom. The number of halogens is 1. The Morgan fingerprint density at radius 3 is 2.74 bits per heavy atom. The number of aliphatic imine (C=N–C) groups is 1. The van der Waals surface area contributed by atoms with E-state index in [1.807, 2.05) is 7.05 Å². The number of rotatable bonds is 3. The van der Waals surface area contributed by atoms with Gasteiger partial charge in [0.05, 0.1) is 6.61 Å². The van der Waals surface area contributed by atoms with E-state index in [2.05, 4.69) is 45.7 Å². The molecule has 1 aromatic rings. The van der Waals surface area contributed by atoms with E-state index in [-0.39, 0.29) is 24.0 Å². The van der Waals surface area contributed by atoms with Gasteiger partial charge in [0.2, 0.25) is 0 Å². The molecule has 23 heavy (non-hydrogen) atoms. The lowest BCUT2D eigenvalue weighted by atomic mass is 9.87. The monoisotopic (exact) mass is 447 g/mol. The zero-order chi connectivity index (χ0) is 15.4. The number of likely N-dealkylation sites (tertiary alicyclic amines) is 1. The fourth-order valence-electron chi connectivity index (χ4n) is 3.34. The van der Waals surface area contributed by atoms with Gasteiger partial charge in [0, 0.05) is 43.6 Å². The Hall–Kier alpha value is -0.470. The molecule has 1 aromatic carbocycles. The molecule has 0 amide bonds. The van der Waals surface area contributed by atoms with Crippen LogP contribution in [0, 0.1) is 5.41 Å². The minimum atomic E-state index is 0. The highest BCUT2D eigenvalue weighted by molar-refractivity contribution is 14.0. The van der Waals surface area contributed by atoms with Crippen molar-refractivity contribution in [3.05, 3.63) is 29.8 Å². The summed E-state index contributed by atoms with van der Waals surface area (Å²) in [5.41, 5.74) is 1.66. The van der Waals surface area contributed by atoms with Crippen LogP contribution >= 0.6 is 35.7 Å². The molecule has 2 heterocycles. The highest BCUT2D eigenvalue weighted by Crippen LogP contribution is 2.38. The van der Waals surface area contributed by atoms with Crippen molar-refractivity contribution in [2.45, 2.75) is 24.3 Å². The summed E-state index contributed by atoms with van der Waals surface area (Å²) in [5.74, 6) is 1.01. The van der Waals surface area contributed by atoms with E-state index in [9.17, 15) is 0 Å². The Balaban J connectivity index is 0.00000192. The second-order valence-electron chi connectivity index (χ2n) is 6.22. The molecule has 6 heteroatoms. The smallest absolute Gasteiger partial charge is 0.193 e. The minimum absolute atomic E-state index is 0. The van der Waals surface area contributed by atoms with Gasteiger partial charge in [-0.15, -0.1) is 35.7 Å². The molecule has 1 atom stereocenters. The number of guanidine groups is 1. The van der Waals surface area contributed by atoms with Crippen LogP contribution in [0.4, 0.5) is 0 Å². The molecule has 1 spiro atoms. The van der Waals surface area contributed by atoms with Crippen LogP contribution < -0.4 is 5.32 Å². The minimum Gasteiger partial charge on any atom is -0.381 e. The van der Waals surface area contributed by atoms with E-state index in [1.165, 1.54) is 23.3 Å². The van der Waals surface area contributed by atoms with Gasteiger partial charge in [-0.1, -0.05) is 12.1 Å².